The van der Waals surface area contributed by atoms with Gasteiger partial charge in [0.15, 0.2) is 0 Å². The van der Waals surface area contributed by atoms with Gasteiger partial charge >= 0.3 is 7.12 Å². The molecule has 1 aliphatic carbocycles. The number of hydrogen-bond donors (Lipinski definition) is 2. The fourth-order valence-corrected chi connectivity index (χ4v) is 2.67. The van der Waals surface area contributed by atoms with Crippen molar-refractivity contribution in [3.8, 4) is 0 Å². The Hall–Kier alpha value is -0.535. The van der Waals surface area contributed by atoms with Gasteiger partial charge in [-0.15, -0.1) is 0 Å². The lowest BCUT2D eigenvalue weighted by molar-refractivity contribution is 0.355. The number of rotatable bonds is 4. The molecule has 0 bridgehead atoms. The van der Waals surface area contributed by atoms with Crippen molar-refractivity contribution >= 4 is 7.12 Å². The minimum Gasteiger partial charge on any atom is -0.424 e. The lowest BCUT2D eigenvalue weighted by atomic mass is 9.71. The first-order chi connectivity index (χ1) is 7.43. The van der Waals surface area contributed by atoms with Gasteiger partial charge < -0.3 is 10.0 Å². The molecule has 0 aromatic heterocycles. The molecule has 2 N–H and O–H groups in total. The van der Waals surface area contributed by atoms with Crippen LogP contribution in [-0.2, 0) is 0 Å². The van der Waals surface area contributed by atoms with Crippen molar-refractivity contribution in [3.63, 3.8) is 0 Å². The average molecular weight is 222 g/mol. The van der Waals surface area contributed by atoms with Gasteiger partial charge in [0.05, 0.1) is 0 Å². The van der Waals surface area contributed by atoms with E-state index >= 15 is 0 Å². The van der Waals surface area contributed by atoms with Crippen molar-refractivity contribution in [1.29, 1.82) is 0 Å². The summed E-state index contributed by atoms with van der Waals surface area (Å²) in [5.74, 6) is 1.44. The Balaban J connectivity index is 2.57. The first-order valence-electron chi connectivity index (χ1n) is 6.15. The van der Waals surface area contributed by atoms with Gasteiger partial charge in [-0.1, -0.05) is 37.0 Å². The van der Waals surface area contributed by atoms with Crippen molar-refractivity contribution < 1.29 is 10.0 Å². The van der Waals surface area contributed by atoms with Gasteiger partial charge in [0.25, 0.3) is 0 Å². The van der Waals surface area contributed by atoms with Crippen LogP contribution in [0.2, 0.25) is 0 Å². The zero-order chi connectivity index (χ0) is 12.2. The van der Waals surface area contributed by atoms with Crippen molar-refractivity contribution in [2.75, 3.05) is 0 Å². The Morgan fingerprint density at radius 2 is 2.06 bits per heavy atom. The third-order valence-electron chi connectivity index (χ3n) is 3.55. The van der Waals surface area contributed by atoms with Crippen LogP contribution in [0.25, 0.3) is 0 Å². The van der Waals surface area contributed by atoms with Crippen LogP contribution in [-0.4, -0.2) is 17.2 Å². The topological polar surface area (TPSA) is 40.5 Å². The Morgan fingerprint density at radius 1 is 1.38 bits per heavy atom. The maximum absolute atomic E-state index is 8.70. The summed E-state index contributed by atoms with van der Waals surface area (Å²) in [4.78, 5) is 0. The molecular weight excluding hydrogens is 199 g/mol. The fraction of sp³-hybridized carbons (Fsp3) is 0.692. The molecule has 0 saturated heterocycles. The highest BCUT2D eigenvalue weighted by Crippen LogP contribution is 2.42. The van der Waals surface area contributed by atoms with Crippen molar-refractivity contribution in [3.05, 3.63) is 23.2 Å². The van der Waals surface area contributed by atoms with Crippen LogP contribution in [0.15, 0.2) is 23.2 Å². The van der Waals surface area contributed by atoms with E-state index < -0.39 is 7.12 Å². The first-order valence-corrected chi connectivity index (χ1v) is 6.15. The molecule has 0 heterocycles. The first kappa shape index (κ1) is 13.5. The van der Waals surface area contributed by atoms with E-state index in [0.717, 1.165) is 12.8 Å². The molecular formula is C13H23BO2. The minimum atomic E-state index is -1.31. The third-order valence-corrected chi connectivity index (χ3v) is 3.55. The molecule has 16 heavy (non-hydrogen) atoms. The van der Waals surface area contributed by atoms with Crippen LogP contribution in [0.4, 0.5) is 0 Å². The molecule has 0 unspecified atom stereocenters. The second-order valence-corrected chi connectivity index (χ2v) is 5.38. The maximum atomic E-state index is 8.70. The molecule has 0 amide bonds. The Morgan fingerprint density at radius 3 is 2.62 bits per heavy atom. The van der Waals surface area contributed by atoms with Gasteiger partial charge in [0.2, 0.25) is 0 Å². The largest absolute Gasteiger partial charge is 0.480 e. The summed E-state index contributed by atoms with van der Waals surface area (Å²) in [6.45, 7) is 6.87. The molecule has 3 heteroatoms. The van der Waals surface area contributed by atoms with Gasteiger partial charge in [-0.2, -0.15) is 0 Å². The maximum Gasteiger partial charge on any atom is 0.480 e. The van der Waals surface area contributed by atoms with E-state index in [2.05, 4.69) is 20.8 Å². The highest BCUT2D eigenvalue weighted by atomic mass is 16.4. The van der Waals surface area contributed by atoms with Gasteiger partial charge in [-0.3, -0.25) is 0 Å². The highest BCUT2D eigenvalue weighted by molar-refractivity contribution is 6.47. The summed E-state index contributed by atoms with van der Waals surface area (Å²) < 4.78 is 0. The predicted octanol–water partition coefficient (Wildman–Crippen LogP) is 2.86. The zero-order valence-electron chi connectivity index (χ0n) is 10.7. The molecule has 0 atom stereocenters. The van der Waals surface area contributed by atoms with E-state index in [0.29, 0.717) is 5.41 Å². The molecule has 1 aliphatic rings. The zero-order valence-corrected chi connectivity index (χ0v) is 10.7. The molecule has 2 nitrogen and oxygen atoms in total. The van der Waals surface area contributed by atoms with E-state index in [1.807, 2.05) is 6.08 Å². The lowest BCUT2D eigenvalue weighted by Crippen LogP contribution is -2.20. The SMILES string of the molecule is CC1=C(CC/C=C/B(O)O)C(C)(C)CCC1. The van der Waals surface area contributed by atoms with Crippen LogP contribution >= 0.6 is 0 Å². The number of allylic oxidation sites excluding steroid dienone is 3. The summed E-state index contributed by atoms with van der Waals surface area (Å²) in [5.41, 5.74) is 3.43. The van der Waals surface area contributed by atoms with Gasteiger partial charge in [-0.25, -0.2) is 0 Å². The van der Waals surface area contributed by atoms with Gasteiger partial charge in [-0.05, 0) is 44.4 Å². The Kier molecular flexibility index (Phi) is 4.81. The molecule has 0 aromatic carbocycles. The fourth-order valence-electron chi connectivity index (χ4n) is 2.67. The van der Waals surface area contributed by atoms with Gasteiger partial charge in [0, 0.05) is 0 Å². The number of hydrogen-bond acceptors (Lipinski definition) is 2. The van der Waals surface area contributed by atoms with Crippen molar-refractivity contribution in [2.45, 2.75) is 52.9 Å². The highest BCUT2D eigenvalue weighted by Gasteiger charge is 2.27. The van der Waals surface area contributed by atoms with Crippen LogP contribution in [0.5, 0.6) is 0 Å². The molecule has 90 valence electrons. The van der Waals surface area contributed by atoms with Crippen LogP contribution in [0, 0.1) is 5.41 Å². The standard InChI is InChI=1S/C13H23BO2/c1-11-7-6-9-13(2,3)12(11)8-4-5-10-14(15)16/h5,10,15-16H,4,6-9H2,1-3H3/b10-5+. The lowest BCUT2D eigenvalue weighted by Gasteiger charge is -2.34. The van der Waals surface area contributed by atoms with E-state index in [-0.39, 0.29) is 0 Å². The van der Waals surface area contributed by atoms with E-state index in [4.69, 9.17) is 10.0 Å². The van der Waals surface area contributed by atoms with Crippen molar-refractivity contribution in [2.24, 2.45) is 5.41 Å². The molecule has 0 saturated carbocycles. The second kappa shape index (κ2) is 5.69. The molecule has 0 radical (unpaired) electrons. The normalized spacial score (nSPS) is 20.6. The summed E-state index contributed by atoms with van der Waals surface area (Å²) in [7, 11) is -1.31. The van der Waals surface area contributed by atoms with E-state index in [1.54, 1.807) is 5.57 Å². The predicted molar refractivity (Wildman–Crippen MR) is 68.9 cm³/mol. The molecule has 0 aliphatic heterocycles. The molecule has 0 spiro atoms. The smallest absolute Gasteiger partial charge is 0.424 e. The summed E-state index contributed by atoms with van der Waals surface area (Å²) in [5, 5.41) is 17.4. The van der Waals surface area contributed by atoms with Crippen molar-refractivity contribution in [1.82, 2.24) is 0 Å². The Bertz CT molecular complexity index is 290. The molecule has 1 rings (SSSR count). The quantitative estimate of drug-likeness (QED) is 0.567. The molecule has 0 fully saturated rings. The van der Waals surface area contributed by atoms with Crippen LogP contribution in [0.3, 0.4) is 0 Å². The van der Waals surface area contributed by atoms with Crippen LogP contribution in [0.1, 0.15) is 52.9 Å². The Labute approximate surface area is 99.2 Å². The second-order valence-electron chi connectivity index (χ2n) is 5.38. The summed E-state index contributed by atoms with van der Waals surface area (Å²) >= 11 is 0. The van der Waals surface area contributed by atoms with E-state index in [9.17, 15) is 0 Å². The monoisotopic (exact) mass is 222 g/mol. The summed E-state index contributed by atoms with van der Waals surface area (Å²) in [6, 6.07) is 0. The summed E-state index contributed by atoms with van der Waals surface area (Å²) in [6.07, 6.45) is 7.59. The van der Waals surface area contributed by atoms with Gasteiger partial charge in [0.1, 0.15) is 0 Å². The minimum absolute atomic E-state index is 0.327. The van der Waals surface area contributed by atoms with Crippen LogP contribution < -0.4 is 0 Å². The third kappa shape index (κ3) is 3.80. The molecule has 0 aromatic rings. The van der Waals surface area contributed by atoms with E-state index in [1.165, 1.54) is 30.8 Å². The average Bonchev–Trinajstić information content (AvgIpc) is 2.14.